The summed E-state index contributed by atoms with van der Waals surface area (Å²) in [5, 5.41) is 3.88. The lowest BCUT2D eigenvalue weighted by atomic mass is 10.00. The summed E-state index contributed by atoms with van der Waals surface area (Å²) >= 11 is 0. The topological polar surface area (TPSA) is 15.3 Å². The minimum atomic E-state index is 0.843. The fourth-order valence-corrected chi connectivity index (χ4v) is 3.91. The molecule has 3 unspecified atom stereocenters. The van der Waals surface area contributed by atoms with E-state index in [1.165, 1.54) is 64.6 Å². The molecule has 2 heteroatoms. The van der Waals surface area contributed by atoms with Gasteiger partial charge < -0.3 is 10.2 Å². The summed E-state index contributed by atoms with van der Waals surface area (Å²) in [4.78, 5) is 2.73. The Hall–Kier alpha value is -0.0800. The van der Waals surface area contributed by atoms with E-state index >= 15 is 0 Å². The van der Waals surface area contributed by atoms with Gasteiger partial charge in [0.1, 0.15) is 0 Å². The van der Waals surface area contributed by atoms with Crippen molar-refractivity contribution in [3.05, 3.63) is 0 Å². The maximum Gasteiger partial charge on any atom is 0.00965 e. The minimum absolute atomic E-state index is 0.843. The van der Waals surface area contributed by atoms with Gasteiger partial charge >= 0.3 is 0 Å². The van der Waals surface area contributed by atoms with Crippen LogP contribution in [0.25, 0.3) is 0 Å². The first-order chi connectivity index (χ1) is 8.36. The molecule has 2 aliphatic carbocycles. The van der Waals surface area contributed by atoms with Gasteiger partial charge in [-0.25, -0.2) is 0 Å². The van der Waals surface area contributed by atoms with E-state index in [0.29, 0.717) is 0 Å². The van der Waals surface area contributed by atoms with Crippen molar-refractivity contribution in [2.24, 2.45) is 11.8 Å². The molecule has 1 aliphatic heterocycles. The summed E-state index contributed by atoms with van der Waals surface area (Å²) in [6.07, 6.45) is 10.1. The molecule has 1 N–H and O–H groups in total. The van der Waals surface area contributed by atoms with Crippen LogP contribution in [0.5, 0.6) is 0 Å². The Bertz CT molecular complexity index is 249. The molecule has 0 amide bonds. The standard InChI is InChI=1S/C15H28N2/c1-2-13-4-3-5-15(13)16-10-12-8-9-17(11-12)14-6-7-14/h12-16H,2-11H2,1H3. The molecule has 3 atom stereocenters. The Morgan fingerprint density at radius 2 is 2.00 bits per heavy atom. The second-order valence-corrected chi connectivity index (χ2v) is 6.49. The minimum Gasteiger partial charge on any atom is -0.313 e. The number of rotatable bonds is 5. The molecule has 0 aromatic rings. The smallest absolute Gasteiger partial charge is 0.00965 e. The van der Waals surface area contributed by atoms with E-state index in [-0.39, 0.29) is 0 Å². The van der Waals surface area contributed by atoms with Gasteiger partial charge in [-0.05, 0) is 57.0 Å². The van der Waals surface area contributed by atoms with Crippen molar-refractivity contribution in [1.82, 2.24) is 10.2 Å². The second kappa shape index (κ2) is 5.27. The fraction of sp³-hybridized carbons (Fsp3) is 1.00. The maximum atomic E-state index is 3.88. The first-order valence-electron chi connectivity index (χ1n) is 7.84. The first-order valence-corrected chi connectivity index (χ1v) is 7.84. The molecule has 0 aromatic heterocycles. The summed E-state index contributed by atoms with van der Waals surface area (Å²) in [5.74, 6) is 1.91. The molecule has 2 saturated carbocycles. The van der Waals surface area contributed by atoms with Gasteiger partial charge in [-0.3, -0.25) is 0 Å². The predicted molar refractivity (Wildman–Crippen MR) is 72.1 cm³/mol. The number of hydrogen-bond acceptors (Lipinski definition) is 2. The van der Waals surface area contributed by atoms with Gasteiger partial charge in [-0.1, -0.05) is 19.8 Å². The molecule has 2 nitrogen and oxygen atoms in total. The zero-order chi connectivity index (χ0) is 11.7. The van der Waals surface area contributed by atoms with Crippen molar-refractivity contribution in [3.63, 3.8) is 0 Å². The lowest BCUT2D eigenvalue weighted by Crippen LogP contribution is -2.36. The van der Waals surface area contributed by atoms with Crippen molar-refractivity contribution in [2.45, 2.75) is 64.0 Å². The number of hydrogen-bond donors (Lipinski definition) is 1. The highest BCUT2D eigenvalue weighted by Crippen LogP contribution is 2.32. The van der Waals surface area contributed by atoms with E-state index in [1.807, 2.05) is 0 Å². The fourth-order valence-electron chi connectivity index (χ4n) is 3.91. The van der Waals surface area contributed by atoms with Crippen LogP contribution < -0.4 is 5.32 Å². The third-order valence-corrected chi connectivity index (χ3v) is 5.23. The molecule has 3 fully saturated rings. The van der Waals surface area contributed by atoms with Crippen molar-refractivity contribution in [1.29, 1.82) is 0 Å². The average Bonchev–Trinajstić information content (AvgIpc) is 2.93. The Morgan fingerprint density at radius 3 is 2.76 bits per heavy atom. The van der Waals surface area contributed by atoms with Gasteiger partial charge in [-0.2, -0.15) is 0 Å². The maximum absolute atomic E-state index is 3.88. The summed E-state index contributed by atoms with van der Waals surface area (Å²) in [6.45, 7) is 6.39. The molecule has 1 heterocycles. The number of likely N-dealkylation sites (tertiary alicyclic amines) is 1. The first kappa shape index (κ1) is 12.0. The largest absolute Gasteiger partial charge is 0.313 e. The van der Waals surface area contributed by atoms with E-state index in [0.717, 1.165) is 23.9 Å². The Kier molecular flexibility index (Phi) is 3.72. The molecule has 98 valence electrons. The van der Waals surface area contributed by atoms with Crippen LogP contribution in [0.2, 0.25) is 0 Å². The van der Waals surface area contributed by atoms with Crippen LogP contribution >= 0.6 is 0 Å². The summed E-state index contributed by atoms with van der Waals surface area (Å²) < 4.78 is 0. The Labute approximate surface area is 106 Å². The molecule has 17 heavy (non-hydrogen) atoms. The average molecular weight is 236 g/mol. The lowest BCUT2D eigenvalue weighted by Gasteiger charge is -2.22. The van der Waals surface area contributed by atoms with Gasteiger partial charge in [0.15, 0.2) is 0 Å². The Morgan fingerprint density at radius 1 is 1.12 bits per heavy atom. The predicted octanol–water partition coefficient (Wildman–Crippen LogP) is 2.64. The van der Waals surface area contributed by atoms with Crippen LogP contribution in [-0.2, 0) is 0 Å². The van der Waals surface area contributed by atoms with Gasteiger partial charge in [0.2, 0.25) is 0 Å². The second-order valence-electron chi connectivity index (χ2n) is 6.49. The van der Waals surface area contributed by atoms with Crippen molar-refractivity contribution >= 4 is 0 Å². The van der Waals surface area contributed by atoms with Crippen molar-refractivity contribution in [2.75, 3.05) is 19.6 Å². The quantitative estimate of drug-likeness (QED) is 0.789. The van der Waals surface area contributed by atoms with E-state index in [1.54, 1.807) is 0 Å². The van der Waals surface area contributed by atoms with E-state index in [9.17, 15) is 0 Å². The summed E-state index contributed by atoms with van der Waals surface area (Å²) in [6, 6.07) is 1.82. The van der Waals surface area contributed by atoms with E-state index < -0.39 is 0 Å². The van der Waals surface area contributed by atoms with E-state index in [2.05, 4.69) is 17.1 Å². The molecular weight excluding hydrogens is 208 g/mol. The van der Waals surface area contributed by atoms with Crippen LogP contribution in [0.4, 0.5) is 0 Å². The highest BCUT2D eigenvalue weighted by molar-refractivity contribution is 4.91. The summed E-state index contributed by atoms with van der Waals surface area (Å²) in [7, 11) is 0. The van der Waals surface area contributed by atoms with Gasteiger partial charge in [0.25, 0.3) is 0 Å². The molecule has 0 aromatic carbocycles. The van der Waals surface area contributed by atoms with Crippen LogP contribution in [0.3, 0.4) is 0 Å². The normalized spacial score (nSPS) is 39.0. The molecule has 0 spiro atoms. The number of nitrogens with one attached hydrogen (secondary N) is 1. The lowest BCUT2D eigenvalue weighted by molar-refractivity contribution is 0.303. The highest BCUT2D eigenvalue weighted by Gasteiger charge is 2.34. The van der Waals surface area contributed by atoms with Crippen LogP contribution in [0.1, 0.15) is 51.9 Å². The van der Waals surface area contributed by atoms with Crippen LogP contribution in [0.15, 0.2) is 0 Å². The highest BCUT2D eigenvalue weighted by atomic mass is 15.2. The van der Waals surface area contributed by atoms with Gasteiger partial charge in [0.05, 0.1) is 0 Å². The monoisotopic (exact) mass is 236 g/mol. The zero-order valence-electron chi connectivity index (χ0n) is 11.3. The van der Waals surface area contributed by atoms with E-state index in [4.69, 9.17) is 0 Å². The molecule has 0 bridgehead atoms. The molecule has 3 rings (SSSR count). The molecule has 3 aliphatic rings. The third-order valence-electron chi connectivity index (χ3n) is 5.23. The number of nitrogens with zero attached hydrogens (tertiary/aromatic N) is 1. The van der Waals surface area contributed by atoms with Crippen LogP contribution in [0, 0.1) is 11.8 Å². The molecule has 1 saturated heterocycles. The molecular formula is C15H28N2. The zero-order valence-corrected chi connectivity index (χ0v) is 11.3. The summed E-state index contributed by atoms with van der Waals surface area (Å²) in [5.41, 5.74) is 0. The Balaban J connectivity index is 1.39. The molecule has 0 radical (unpaired) electrons. The van der Waals surface area contributed by atoms with Crippen LogP contribution in [-0.4, -0.2) is 36.6 Å². The van der Waals surface area contributed by atoms with Gasteiger partial charge in [0, 0.05) is 18.6 Å². The van der Waals surface area contributed by atoms with Crippen molar-refractivity contribution < 1.29 is 0 Å². The third kappa shape index (κ3) is 2.85. The SMILES string of the molecule is CCC1CCCC1NCC1CCN(C2CC2)C1. The van der Waals surface area contributed by atoms with Crippen molar-refractivity contribution in [3.8, 4) is 0 Å². The van der Waals surface area contributed by atoms with Gasteiger partial charge in [-0.15, -0.1) is 0 Å².